The molecule has 0 spiro atoms. The fourth-order valence-corrected chi connectivity index (χ4v) is 3.52. The number of nitrogens with zero attached hydrogens (tertiary/aromatic N) is 2. The Hall–Kier alpha value is -3.85. The van der Waals surface area contributed by atoms with Crippen LogP contribution in [0.25, 0.3) is 0 Å². The van der Waals surface area contributed by atoms with Gasteiger partial charge in [0.25, 0.3) is 5.56 Å². The molecular formula is C25H24N2O4. The van der Waals surface area contributed by atoms with Gasteiger partial charge in [-0.3, -0.25) is 14.2 Å². The number of carbonyl (C=O) groups excluding carboxylic acids is 1. The van der Waals surface area contributed by atoms with E-state index in [1.54, 1.807) is 13.0 Å². The number of aromatic hydroxyl groups is 1. The summed E-state index contributed by atoms with van der Waals surface area (Å²) in [6, 6.07) is 15.9. The second-order valence-electron chi connectivity index (χ2n) is 7.53. The summed E-state index contributed by atoms with van der Waals surface area (Å²) in [4.78, 5) is 25.9. The van der Waals surface area contributed by atoms with Gasteiger partial charge in [0.05, 0.1) is 11.6 Å². The van der Waals surface area contributed by atoms with Gasteiger partial charge in [0.2, 0.25) is 11.7 Å². The summed E-state index contributed by atoms with van der Waals surface area (Å²) in [5.41, 5.74) is 2.15. The van der Waals surface area contributed by atoms with Gasteiger partial charge in [-0.25, -0.2) is 0 Å². The fraction of sp³-hybridized carbons (Fsp3) is 0.240. The Balaban J connectivity index is 2.03. The molecule has 158 valence electrons. The third-order valence-electron chi connectivity index (χ3n) is 5.54. The zero-order valence-electron chi connectivity index (χ0n) is 18.0. The Morgan fingerprint density at radius 1 is 1.13 bits per heavy atom. The maximum atomic E-state index is 13.0. The van der Waals surface area contributed by atoms with Crippen molar-refractivity contribution in [3.05, 3.63) is 92.3 Å². The average molecular weight is 416 g/mol. The third-order valence-corrected chi connectivity index (χ3v) is 5.54. The number of hydrogen-bond acceptors (Lipinski definition) is 5. The van der Waals surface area contributed by atoms with Crippen molar-refractivity contribution in [2.24, 2.45) is 0 Å². The summed E-state index contributed by atoms with van der Waals surface area (Å²) in [6.07, 6.45) is 0. The Labute approximate surface area is 181 Å². The van der Waals surface area contributed by atoms with E-state index in [0.29, 0.717) is 5.75 Å². The number of hydrogen-bond donors (Lipinski definition) is 1. The Morgan fingerprint density at radius 2 is 1.81 bits per heavy atom. The molecule has 0 fully saturated rings. The van der Waals surface area contributed by atoms with Crippen molar-refractivity contribution in [2.75, 3.05) is 6.61 Å². The van der Waals surface area contributed by atoms with Crippen LogP contribution in [0.15, 0.2) is 53.3 Å². The molecule has 3 rings (SSSR count). The lowest BCUT2D eigenvalue weighted by atomic mass is 10.00. The van der Waals surface area contributed by atoms with Crippen LogP contribution >= 0.6 is 0 Å². The lowest BCUT2D eigenvalue weighted by Gasteiger charge is -2.21. The molecule has 0 saturated carbocycles. The SMILES string of the molecule is Cc1ccc(OCC(=O)c2c(C)c(C#N)c(=O)n(C(C)c3ccccc3)c2O)cc1C. The van der Waals surface area contributed by atoms with E-state index in [0.717, 1.165) is 21.3 Å². The van der Waals surface area contributed by atoms with Gasteiger partial charge in [-0.1, -0.05) is 36.4 Å². The summed E-state index contributed by atoms with van der Waals surface area (Å²) < 4.78 is 6.71. The molecule has 0 bridgehead atoms. The van der Waals surface area contributed by atoms with E-state index >= 15 is 0 Å². The van der Waals surface area contributed by atoms with E-state index in [-0.39, 0.29) is 23.3 Å². The second kappa shape index (κ2) is 8.88. The van der Waals surface area contributed by atoms with Crippen LogP contribution in [0.3, 0.4) is 0 Å². The fourth-order valence-electron chi connectivity index (χ4n) is 3.52. The van der Waals surface area contributed by atoms with Gasteiger partial charge in [-0.2, -0.15) is 5.26 Å². The predicted octanol–water partition coefficient (Wildman–Crippen LogP) is 4.22. The van der Waals surface area contributed by atoms with Gasteiger partial charge in [-0.15, -0.1) is 0 Å². The summed E-state index contributed by atoms with van der Waals surface area (Å²) in [5, 5.41) is 20.5. The van der Waals surface area contributed by atoms with Crippen LogP contribution in [0.2, 0.25) is 0 Å². The standard InChI is InChI=1S/C25H24N2O4/c1-15-10-11-20(12-16(15)2)31-14-22(28)23-17(3)21(13-26)24(29)27(25(23)30)18(4)19-8-6-5-7-9-19/h5-12,18,30H,14H2,1-4H3. The number of nitriles is 1. The van der Waals surface area contributed by atoms with Crippen molar-refractivity contribution in [2.45, 2.75) is 33.7 Å². The molecule has 0 saturated heterocycles. The minimum atomic E-state index is -0.638. The maximum absolute atomic E-state index is 13.0. The molecule has 0 aliphatic heterocycles. The number of pyridine rings is 1. The highest BCUT2D eigenvalue weighted by molar-refractivity contribution is 6.01. The van der Waals surface area contributed by atoms with Crippen LogP contribution < -0.4 is 10.3 Å². The molecular weight excluding hydrogens is 392 g/mol. The molecule has 6 heteroatoms. The Kier molecular flexibility index (Phi) is 6.26. The lowest BCUT2D eigenvalue weighted by Crippen LogP contribution is -2.30. The van der Waals surface area contributed by atoms with Crippen molar-refractivity contribution in [1.82, 2.24) is 4.57 Å². The van der Waals surface area contributed by atoms with Gasteiger partial charge >= 0.3 is 0 Å². The quantitative estimate of drug-likeness (QED) is 0.608. The van der Waals surface area contributed by atoms with Crippen LogP contribution in [-0.2, 0) is 0 Å². The molecule has 1 aromatic heterocycles. The van der Waals surface area contributed by atoms with Crippen LogP contribution in [0.5, 0.6) is 11.6 Å². The number of ether oxygens (including phenoxy) is 1. The van der Waals surface area contributed by atoms with Gasteiger partial charge in [-0.05, 0) is 62.1 Å². The lowest BCUT2D eigenvalue weighted by molar-refractivity contribution is 0.0916. The molecule has 3 aromatic rings. The first-order valence-corrected chi connectivity index (χ1v) is 9.92. The first-order chi connectivity index (χ1) is 14.8. The smallest absolute Gasteiger partial charge is 0.272 e. The first-order valence-electron chi connectivity index (χ1n) is 9.92. The molecule has 2 aromatic carbocycles. The average Bonchev–Trinajstić information content (AvgIpc) is 2.75. The highest BCUT2D eigenvalue weighted by atomic mass is 16.5. The first kappa shape index (κ1) is 21.8. The van der Waals surface area contributed by atoms with Crippen molar-refractivity contribution in [1.29, 1.82) is 5.26 Å². The van der Waals surface area contributed by atoms with Crippen LogP contribution in [0, 0.1) is 32.1 Å². The molecule has 1 unspecified atom stereocenters. The van der Waals surface area contributed by atoms with Gasteiger partial charge in [0.1, 0.15) is 17.4 Å². The van der Waals surface area contributed by atoms with Crippen molar-refractivity contribution >= 4 is 5.78 Å². The summed E-state index contributed by atoms with van der Waals surface area (Å²) >= 11 is 0. The summed E-state index contributed by atoms with van der Waals surface area (Å²) in [6.45, 7) is 6.80. The molecule has 31 heavy (non-hydrogen) atoms. The van der Waals surface area contributed by atoms with Gasteiger partial charge < -0.3 is 9.84 Å². The van der Waals surface area contributed by atoms with Crippen molar-refractivity contribution < 1.29 is 14.6 Å². The Bertz CT molecular complexity index is 1240. The van der Waals surface area contributed by atoms with Crippen molar-refractivity contribution in [3.8, 4) is 17.7 Å². The van der Waals surface area contributed by atoms with Crippen molar-refractivity contribution in [3.63, 3.8) is 0 Å². The van der Waals surface area contributed by atoms with E-state index in [2.05, 4.69) is 0 Å². The minimum absolute atomic E-state index is 0.0808. The van der Waals surface area contributed by atoms with Gasteiger partial charge in [0.15, 0.2) is 6.61 Å². The van der Waals surface area contributed by atoms with Crippen LogP contribution in [-0.4, -0.2) is 22.1 Å². The van der Waals surface area contributed by atoms with E-state index in [1.165, 1.54) is 6.92 Å². The minimum Gasteiger partial charge on any atom is -0.494 e. The number of ketones is 1. The summed E-state index contributed by atoms with van der Waals surface area (Å²) in [5.74, 6) is -0.453. The van der Waals surface area contributed by atoms with E-state index in [1.807, 2.05) is 62.4 Å². The van der Waals surface area contributed by atoms with E-state index < -0.39 is 23.3 Å². The Morgan fingerprint density at radius 3 is 2.42 bits per heavy atom. The van der Waals surface area contributed by atoms with Crippen LogP contribution in [0.1, 0.15) is 51.1 Å². The topological polar surface area (TPSA) is 92.3 Å². The number of carbonyl (C=O) groups is 1. The van der Waals surface area contributed by atoms with E-state index in [4.69, 9.17) is 4.74 Å². The molecule has 0 aliphatic rings. The van der Waals surface area contributed by atoms with Crippen LogP contribution in [0.4, 0.5) is 0 Å². The number of Topliss-reactive ketones (excluding diaryl/α,β-unsaturated/α-hetero) is 1. The molecule has 0 amide bonds. The summed E-state index contributed by atoms with van der Waals surface area (Å²) in [7, 11) is 0. The number of benzene rings is 2. The molecule has 1 heterocycles. The van der Waals surface area contributed by atoms with Gasteiger partial charge in [0, 0.05) is 0 Å². The maximum Gasteiger partial charge on any atom is 0.272 e. The molecule has 6 nitrogen and oxygen atoms in total. The van der Waals surface area contributed by atoms with E-state index in [9.17, 15) is 20.0 Å². The molecule has 1 atom stereocenters. The normalized spacial score (nSPS) is 11.6. The second-order valence-corrected chi connectivity index (χ2v) is 7.53. The predicted molar refractivity (Wildman–Crippen MR) is 118 cm³/mol. The highest BCUT2D eigenvalue weighted by Crippen LogP contribution is 2.28. The largest absolute Gasteiger partial charge is 0.494 e. The zero-order valence-corrected chi connectivity index (χ0v) is 18.0. The monoisotopic (exact) mass is 416 g/mol. The number of aryl methyl sites for hydroxylation is 2. The zero-order chi connectivity index (χ0) is 22.7. The number of rotatable bonds is 6. The molecule has 1 N–H and O–H groups in total. The third kappa shape index (κ3) is 4.22. The number of aromatic nitrogens is 1. The molecule has 0 aliphatic carbocycles. The molecule has 0 radical (unpaired) electrons. The highest BCUT2D eigenvalue weighted by Gasteiger charge is 2.26.